The highest BCUT2D eigenvalue weighted by Gasteiger charge is 2.49. The van der Waals surface area contributed by atoms with E-state index in [0.717, 1.165) is 26.1 Å². The molecule has 92 valence electrons. The number of hydrogen-bond donors (Lipinski definition) is 2. The highest BCUT2D eigenvalue weighted by molar-refractivity contribution is 5.83. The van der Waals surface area contributed by atoms with Crippen molar-refractivity contribution in [2.24, 2.45) is 17.3 Å². The molecule has 16 heavy (non-hydrogen) atoms. The number of fused-ring (bicyclic) bond motifs is 1. The molecule has 1 aliphatic heterocycles. The van der Waals surface area contributed by atoms with E-state index in [4.69, 9.17) is 0 Å². The fraction of sp³-hybridized carbons (Fsp3) is 0.923. The lowest BCUT2D eigenvalue weighted by Crippen LogP contribution is -2.48. The Hall–Kier alpha value is -0.570. The molecule has 2 atom stereocenters. The Morgan fingerprint density at radius 2 is 2.31 bits per heavy atom. The van der Waals surface area contributed by atoms with Crippen molar-refractivity contribution in [3.8, 4) is 0 Å². The van der Waals surface area contributed by atoms with Gasteiger partial charge in [0.2, 0.25) is 5.91 Å². The zero-order chi connectivity index (χ0) is 11.6. The lowest BCUT2D eigenvalue weighted by atomic mass is 9.67. The maximum atomic E-state index is 12.4. The Bertz CT molecular complexity index is 265. The molecule has 0 aromatic carbocycles. The average molecular weight is 224 g/mol. The van der Waals surface area contributed by atoms with Crippen LogP contribution in [0.1, 0.15) is 39.5 Å². The molecule has 2 rings (SSSR count). The molecule has 1 amide bonds. The van der Waals surface area contributed by atoms with Gasteiger partial charge in [-0.25, -0.2) is 0 Å². The second kappa shape index (κ2) is 4.74. The van der Waals surface area contributed by atoms with Crippen molar-refractivity contribution in [1.29, 1.82) is 0 Å². The third-order valence-electron chi connectivity index (χ3n) is 4.16. The fourth-order valence-electron chi connectivity index (χ4n) is 3.16. The number of rotatable bonds is 3. The third kappa shape index (κ3) is 2.10. The van der Waals surface area contributed by atoms with Gasteiger partial charge in [0.15, 0.2) is 0 Å². The molecule has 0 unspecified atom stereocenters. The van der Waals surface area contributed by atoms with Crippen LogP contribution in [0, 0.1) is 17.3 Å². The number of amides is 1. The number of hydrogen-bond acceptors (Lipinski definition) is 2. The molecular formula is C13H24N2O. The summed E-state index contributed by atoms with van der Waals surface area (Å²) in [6.07, 6.45) is 4.82. The molecule has 1 saturated heterocycles. The van der Waals surface area contributed by atoms with Crippen LogP contribution in [0.5, 0.6) is 0 Å². The molecular weight excluding hydrogens is 200 g/mol. The topological polar surface area (TPSA) is 41.1 Å². The van der Waals surface area contributed by atoms with Crippen molar-refractivity contribution in [3.05, 3.63) is 0 Å². The van der Waals surface area contributed by atoms with Crippen molar-refractivity contribution in [2.75, 3.05) is 19.6 Å². The van der Waals surface area contributed by atoms with E-state index in [1.165, 1.54) is 19.3 Å². The largest absolute Gasteiger partial charge is 0.355 e. The summed E-state index contributed by atoms with van der Waals surface area (Å²) in [6.45, 7) is 7.02. The van der Waals surface area contributed by atoms with Gasteiger partial charge in [-0.1, -0.05) is 26.7 Å². The molecule has 1 saturated carbocycles. The van der Waals surface area contributed by atoms with Crippen molar-refractivity contribution < 1.29 is 4.79 Å². The summed E-state index contributed by atoms with van der Waals surface area (Å²) in [5, 5.41) is 6.55. The van der Waals surface area contributed by atoms with E-state index >= 15 is 0 Å². The van der Waals surface area contributed by atoms with E-state index in [-0.39, 0.29) is 5.41 Å². The molecule has 0 spiro atoms. The van der Waals surface area contributed by atoms with Crippen LogP contribution in [0.3, 0.4) is 0 Å². The van der Waals surface area contributed by atoms with Crippen molar-refractivity contribution in [2.45, 2.75) is 39.5 Å². The summed E-state index contributed by atoms with van der Waals surface area (Å²) in [6, 6.07) is 0. The zero-order valence-electron chi connectivity index (χ0n) is 10.5. The van der Waals surface area contributed by atoms with Gasteiger partial charge in [-0.2, -0.15) is 0 Å². The lowest BCUT2D eigenvalue weighted by molar-refractivity contribution is -0.134. The van der Waals surface area contributed by atoms with Gasteiger partial charge in [0.1, 0.15) is 0 Å². The van der Waals surface area contributed by atoms with Crippen LogP contribution in [0.25, 0.3) is 0 Å². The van der Waals surface area contributed by atoms with Gasteiger partial charge < -0.3 is 10.6 Å². The molecule has 0 aromatic heterocycles. The Kier molecular flexibility index (Phi) is 3.53. The second-order valence-electron chi connectivity index (χ2n) is 5.83. The smallest absolute Gasteiger partial charge is 0.227 e. The van der Waals surface area contributed by atoms with Crippen LogP contribution in [-0.4, -0.2) is 25.5 Å². The van der Waals surface area contributed by atoms with Crippen molar-refractivity contribution in [3.63, 3.8) is 0 Å². The first-order chi connectivity index (χ1) is 7.65. The molecule has 3 heteroatoms. The Morgan fingerprint density at radius 3 is 3.06 bits per heavy atom. The number of carbonyl (C=O) groups is 1. The first-order valence-corrected chi connectivity index (χ1v) is 6.64. The van der Waals surface area contributed by atoms with E-state index in [1.54, 1.807) is 0 Å². The minimum absolute atomic E-state index is 0.0762. The molecule has 1 heterocycles. The Balaban J connectivity index is 2.01. The van der Waals surface area contributed by atoms with E-state index < -0.39 is 0 Å². The van der Waals surface area contributed by atoms with Crippen LogP contribution in [0.15, 0.2) is 0 Å². The summed E-state index contributed by atoms with van der Waals surface area (Å²) in [7, 11) is 0. The average Bonchev–Trinajstić information content (AvgIpc) is 2.70. The molecule has 2 fully saturated rings. The standard InChI is InChI=1S/C13H24N2O/c1-10(2)7-15-12(16)13-6-4-3-5-11(13)8-14-9-13/h10-11,14H,3-9H2,1-2H3,(H,15,16)/t11-,13+/m0/s1. The molecule has 0 radical (unpaired) electrons. The first kappa shape index (κ1) is 11.9. The maximum Gasteiger partial charge on any atom is 0.227 e. The van der Waals surface area contributed by atoms with Gasteiger partial charge in [-0.05, 0) is 31.2 Å². The summed E-state index contributed by atoms with van der Waals surface area (Å²) >= 11 is 0. The Morgan fingerprint density at radius 1 is 1.50 bits per heavy atom. The minimum Gasteiger partial charge on any atom is -0.355 e. The summed E-state index contributed by atoms with van der Waals surface area (Å²) < 4.78 is 0. The van der Waals surface area contributed by atoms with E-state index in [1.807, 2.05) is 0 Å². The first-order valence-electron chi connectivity index (χ1n) is 6.64. The summed E-state index contributed by atoms with van der Waals surface area (Å²) in [5.41, 5.74) is -0.0762. The summed E-state index contributed by atoms with van der Waals surface area (Å²) in [5.74, 6) is 1.42. The molecule has 0 bridgehead atoms. The van der Waals surface area contributed by atoms with Gasteiger partial charge in [0.05, 0.1) is 5.41 Å². The molecule has 2 N–H and O–H groups in total. The van der Waals surface area contributed by atoms with Gasteiger partial charge in [0, 0.05) is 13.1 Å². The quantitative estimate of drug-likeness (QED) is 0.763. The van der Waals surface area contributed by atoms with E-state index in [9.17, 15) is 4.79 Å². The minimum atomic E-state index is -0.0762. The fourth-order valence-corrected chi connectivity index (χ4v) is 3.16. The van der Waals surface area contributed by atoms with E-state index in [2.05, 4.69) is 24.5 Å². The van der Waals surface area contributed by atoms with Gasteiger partial charge in [-0.15, -0.1) is 0 Å². The monoisotopic (exact) mass is 224 g/mol. The van der Waals surface area contributed by atoms with Crippen LogP contribution in [0.4, 0.5) is 0 Å². The Labute approximate surface area is 98.4 Å². The maximum absolute atomic E-state index is 12.4. The molecule has 2 aliphatic rings. The lowest BCUT2D eigenvalue weighted by Gasteiger charge is -2.37. The predicted octanol–water partition coefficient (Wildman–Crippen LogP) is 1.54. The molecule has 1 aliphatic carbocycles. The SMILES string of the molecule is CC(C)CNC(=O)[C@@]12CCCC[C@H]1CNC2. The van der Waals surface area contributed by atoms with Crippen molar-refractivity contribution in [1.82, 2.24) is 10.6 Å². The molecule has 0 aromatic rings. The third-order valence-corrected chi connectivity index (χ3v) is 4.16. The van der Waals surface area contributed by atoms with E-state index in [0.29, 0.717) is 17.7 Å². The highest BCUT2D eigenvalue weighted by atomic mass is 16.2. The van der Waals surface area contributed by atoms with Crippen LogP contribution < -0.4 is 10.6 Å². The van der Waals surface area contributed by atoms with Gasteiger partial charge in [-0.3, -0.25) is 4.79 Å². The van der Waals surface area contributed by atoms with Crippen LogP contribution in [-0.2, 0) is 4.79 Å². The predicted molar refractivity (Wildman–Crippen MR) is 65.1 cm³/mol. The number of nitrogens with one attached hydrogen (secondary N) is 2. The zero-order valence-corrected chi connectivity index (χ0v) is 10.5. The molecule has 3 nitrogen and oxygen atoms in total. The van der Waals surface area contributed by atoms with Crippen LogP contribution in [0.2, 0.25) is 0 Å². The van der Waals surface area contributed by atoms with Crippen LogP contribution >= 0.6 is 0 Å². The number of carbonyl (C=O) groups excluding carboxylic acids is 1. The highest BCUT2D eigenvalue weighted by Crippen LogP contribution is 2.43. The van der Waals surface area contributed by atoms with Gasteiger partial charge >= 0.3 is 0 Å². The van der Waals surface area contributed by atoms with Crippen molar-refractivity contribution >= 4 is 5.91 Å². The summed E-state index contributed by atoms with van der Waals surface area (Å²) in [4.78, 5) is 12.4. The second-order valence-corrected chi connectivity index (χ2v) is 5.83. The normalized spacial score (nSPS) is 33.8. The van der Waals surface area contributed by atoms with Gasteiger partial charge in [0.25, 0.3) is 0 Å².